The molecule has 1 aliphatic rings. The van der Waals surface area contributed by atoms with E-state index in [2.05, 4.69) is 22.2 Å². The quantitative estimate of drug-likeness (QED) is 0.476. The minimum absolute atomic E-state index is 0. The molecule has 0 spiro atoms. The zero-order chi connectivity index (χ0) is 11.5. The van der Waals surface area contributed by atoms with Crippen molar-refractivity contribution in [2.45, 2.75) is 10.8 Å². The number of Topliss-reactive ketones (excluding diaryl/α,β-unsaturated/α-hetero) is 1. The van der Waals surface area contributed by atoms with Crippen LogP contribution < -0.4 is 42.5 Å². The normalized spacial score (nSPS) is 26.5. The van der Waals surface area contributed by atoms with E-state index in [-0.39, 0.29) is 46.8 Å². The molecule has 1 N–H and O–H groups in total. The van der Waals surface area contributed by atoms with Crippen LogP contribution in [0.15, 0.2) is 0 Å². The number of ketones is 1. The molecule has 1 saturated heterocycles. The van der Waals surface area contributed by atoms with Crippen molar-refractivity contribution in [3.8, 4) is 0 Å². The number of halogens is 3. The molecule has 1 rings (SSSR count). The van der Waals surface area contributed by atoms with Crippen LogP contribution in [0.1, 0.15) is 6.92 Å². The second-order valence-electron chi connectivity index (χ2n) is 4.32. The van der Waals surface area contributed by atoms with Gasteiger partial charge in [-0.1, -0.05) is 0 Å². The molecule has 1 fully saturated rings. The van der Waals surface area contributed by atoms with Gasteiger partial charge in [0.05, 0.1) is 0 Å². The van der Waals surface area contributed by atoms with Gasteiger partial charge >= 0.3 is 104 Å². The number of carbonyl (C=O) groups excluding carboxylic acids is 1. The number of carbonyl (C=O) groups is 1. The third kappa shape index (κ3) is 6.53. The maximum Gasteiger partial charge on any atom is -1.00 e. The van der Waals surface area contributed by atoms with Gasteiger partial charge in [-0.05, 0) is 0 Å². The van der Waals surface area contributed by atoms with E-state index >= 15 is 0 Å². The summed E-state index contributed by atoms with van der Waals surface area (Å²) in [5.74, 6) is 0.238. The van der Waals surface area contributed by atoms with E-state index in [1.54, 1.807) is 6.92 Å². The number of rotatable bonds is 1. The molecule has 0 bridgehead atoms. The fraction of sp³-hybridized carbons (Fsp3) is 0.900. The van der Waals surface area contributed by atoms with Crippen LogP contribution in [0, 0.1) is 0 Å². The van der Waals surface area contributed by atoms with Crippen LogP contribution in [0.3, 0.4) is 0 Å². The van der Waals surface area contributed by atoms with Gasteiger partial charge in [0.2, 0.25) is 0 Å². The first-order valence-electron chi connectivity index (χ1n) is 5.33. The Hall–Kier alpha value is 1.13. The van der Waals surface area contributed by atoms with Crippen LogP contribution >= 0.6 is 0 Å². The molecule has 0 saturated carbocycles. The Morgan fingerprint density at radius 3 is 2.22 bits per heavy atom. The van der Waals surface area contributed by atoms with Crippen molar-refractivity contribution < 1.29 is 62.5 Å². The van der Waals surface area contributed by atoms with Crippen LogP contribution in [0.25, 0.3) is 0 Å². The smallest absolute Gasteiger partial charge is 1.00 e. The molecule has 0 aromatic heterocycles. The minimum Gasteiger partial charge on any atom is -1.00 e. The van der Waals surface area contributed by atoms with Crippen LogP contribution in [0.2, 0.25) is 0 Å². The molecule has 1 aliphatic heterocycles. The molecule has 18 heavy (non-hydrogen) atoms. The Morgan fingerprint density at radius 1 is 1.17 bits per heavy atom. The first-order valence-corrected chi connectivity index (χ1v) is 6.11. The zero-order valence-electron chi connectivity index (χ0n) is 11.0. The summed E-state index contributed by atoms with van der Waals surface area (Å²) in [6, 6.07) is 0. The molecule has 0 aromatic carbocycles. The van der Waals surface area contributed by atoms with Gasteiger partial charge < -0.3 is 37.2 Å². The molecule has 0 amide bonds. The van der Waals surface area contributed by atoms with Crippen LogP contribution in [0.4, 0.5) is 0 Å². The molecule has 1 heterocycles. The average Bonchev–Trinajstić information content (AvgIpc) is 2.24. The van der Waals surface area contributed by atoms with Gasteiger partial charge in [0.25, 0.3) is 0 Å². The van der Waals surface area contributed by atoms with Crippen molar-refractivity contribution in [2.24, 2.45) is 0 Å². The van der Waals surface area contributed by atoms with Crippen molar-refractivity contribution >= 4 is 5.78 Å². The number of nitrogens with zero attached hydrogens (tertiary/aromatic N) is 2. The molecule has 106 valence electrons. The molecular formula is C10H20Cl3N3OTi. The largest absolute Gasteiger partial charge is 1.00 e. The van der Waals surface area contributed by atoms with E-state index in [4.69, 9.17) is 0 Å². The van der Waals surface area contributed by atoms with Crippen molar-refractivity contribution in [1.82, 2.24) is 15.1 Å². The predicted octanol–water partition coefficient (Wildman–Crippen LogP) is -9.70. The van der Waals surface area contributed by atoms with E-state index in [0.29, 0.717) is 0 Å². The summed E-state index contributed by atoms with van der Waals surface area (Å²) in [7, 11) is 4.15. The summed E-state index contributed by atoms with van der Waals surface area (Å²) in [5.41, 5.74) is 0. The average molecular weight is 353 g/mol. The van der Waals surface area contributed by atoms with Crippen molar-refractivity contribution in [3.05, 3.63) is 0 Å². The summed E-state index contributed by atoms with van der Waals surface area (Å²) in [5, 5.41) is 3.36. The van der Waals surface area contributed by atoms with Crippen molar-refractivity contribution in [1.29, 1.82) is 0 Å². The molecule has 0 aliphatic carbocycles. The topological polar surface area (TPSA) is 35.6 Å². The number of nitrogens with one attached hydrogen (secondary N) is 1. The Balaban J connectivity index is -0.000000750. The van der Waals surface area contributed by atoms with Crippen LogP contribution in [-0.2, 0) is 25.2 Å². The summed E-state index contributed by atoms with van der Waals surface area (Å²) in [6.45, 7) is 6.37. The molecule has 8 heteroatoms. The van der Waals surface area contributed by atoms with Crippen molar-refractivity contribution in [2.75, 3.05) is 46.8 Å². The predicted molar refractivity (Wildman–Crippen MR) is 56.4 cm³/mol. The maximum atomic E-state index is 11.7. The van der Waals surface area contributed by atoms with E-state index in [0.717, 1.165) is 32.7 Å². The van der Waals surface area contributed by atoms with Gasteiger partial charge in [-0.2, -0.15) is 0 Å². The van der Waals surface area contributed by atoms with Gasteiger partial charge in [0, 0.05) is 0 Å². The van der Waals surface area contributed by atoms with Crippen molar-refractivity contribution in [3.63, 3.8) is 0 Å². The van der Waals surface area contributed by atoms with Gasteiger partial charge in [-0.25, -0.2) is 0 Å². The van der Waals surface area contributed by atoms with Crippen LogP contribution in [-0.4, -0.2) is 66.2 Å². The summed E-state index contributed by atoms with van der Waals surface area (Å²) < 4.78 is -0.356. The summed E-state index contributed by atoms with van der Waals surface area (Å²) in [4.78, 5) is 16.1. The monoisotopic (exact) mass is 351 g/mol. The van der Waals surface area contributed by atoms with E-state index in [9.17, 15) is 4.79 Å². The third-order valence-corrected chi connectivity index (χ3v) is 4.52. The SMILES string of the molecule is CC(=O)[C]1([Ti+3])CNCCN(C)CCN1C.[Cl-].[Cl-].[Cl-]. The van der Waals surface area contributed by atoms with Gasteiger partial charge in [0.15, 0.2) is 0 Å². The Kier molecular flexibility index (Phi) is 14.6. The fourth-order valence-corrected chi connectivity index (χ4v) is 2.06. The molecule has 1 atom stereocenters. The second kappa shape index (κ2) is 10.9. The first-order chi connectivity index (χ1) is 6.97. The first kappa shape index (κ1) is 24.2. The fourth-order valence-electron chi connectivity index (χ4n) is 1.69. The zero-order valence-corrected chi connectivity index (χ0v) is 14.8. The molecular weight excluding hydrogens is 332 g/mol. The second-order valence-corrected chi connectivity index (χ2v) is 5.61. The van der Waals surface area contributed by atoms with Crippen LogP contribution in [0.5, 0.6) is 0 Å². The van der Waals surface area contributed by atoms with E-state index in [1.165, 1.54) is 0 Å². The standard InChI is InChI=1S/C10H20N3O.3ClH.Ti/c1-9(14)10-8-11-4-5-12(2)6-7-13(10)3;;;;/h11H,4-8H2,1-3H3;3*1H;/q;;;;+3/p-3. The summed E-state index contributed by atoms with van der Waals surface area (Å²) >= 11 is 2.02. The Bertz CT molecular complexity index is 248. The number of hydrogen-bond acceptors (Lipinski definition) is 4. The molecule has 1 unspecified atom stereocenters. The van der Waals surface area contributed by atoms with E-state index < -0.39 is 0 Å². The Morgan fingerprint density at radius 2 is 1.72 bits per heavy atom. The molecule has 0 aromatic rings. The summed E-state index contributed by atoms with van der Waals surface area (Å²) in [6.07, 6.45) is 0. The molecule has 0 radical (unpaired) electrons. The third-order valence-electron chi connectivity index (χ3n) is 3.10. The number of hydrogen-bond donors (Lipinski definition) is 1. The maximum absolute atomic E-state index is 11.7. The van der Waals surface area contributed by atoms with Gasteiger partial charge in [-0.15, -0.1) is 0 Å². The Labute approximate surface area is 140 Å². The number of likely N-dealkylation sites (N-methyl/N-ethyl adjacent to an activating group) is 2. The van der Waals surface area contributed by atoms with E-state index in [1.807, 2.05) is 27.5 Å². The van der Waals surface area contributed by atoms with Gasteiger partial charge in [0.1, 0.15) is 0 Å². The van der Waals surface area contributed by atoms with Gasteiger partial charge in [-0.3, -0.25) is 0 Å². The minimum atomic E-state index is -0.356. The molecule has 4 nitrogen and oxygen atoms in total.